The third-order valence-corrected chi connectivity index (χ3v) is 3.85. The number of carbonyl (C=O) groups excluding carboxylic acids is 1. The largest absolute Gasteiger partial charge is 0.352 e. The smallest absolute Gasteiger partial charge is 0.221 e. The number of benzene rings is 1. The third kappa shape index (κ3) is 4.31. The van der Waals surface area contributed by atoms with E-state index in [0.717, 1.165) is 30.2 Å². The molecule has 1 fully saturated rings. The molecule has 1 aromatic rings. The van der Waals surface area contributed by atoms with Crippen LogP contribution in [0.2, 0.25) is 0 Å². The van der Waals surface area contributed by atoms with E-state index in [1.807, 2.05) is 0 Å². The summed E-state index contributed by atoms with van der Waals surface area (Å²) in [7, 11) is 0. The fourth-order valence-electron chi connectivity index (χ4n) is 1.87. The number of hydrogen-bond donors (Lipinski definition) is 2. The summed E-state index contributed by atoms with van der Waals surface area (Å²) >= 11 is 1.57. The Kier molecular flexibility index (Phi) is 5.01. The Morgan fingerprint density at radius 1 is 1.44 bits per heavy atom. The van der Waals surface area contributed by atoms with Crippen LogP contribution in [0.25, 0.3) is 0 Å². The van der Waals surface area contributed by atoms with Crippen LogP contribution in [0.4, 0.5) is 4.39 Å². The van der Waals surface area contributed by atoms with Crippen LogP contribution in [0.15, 0.2) is 29.2 Å². The van der Waals surface area contributed by atoms with Crippen molar-refractivity contribution in [3.05, 3.63) is 30.1 Å². The maximum absolute atomic E-state index is 12.7. The van der Waals surface area contributed by atoms with E-state index in [1.165, 1.54) is 12.1 Å². The van der Waals surface area contributed by atoms with E-state index in [9.17, 15) is 9.18 Å². The molecule has 1 aliphatic rings. The van der Waals surface area contributed by atoms with Crippen molar-refractivity contribution in [2.24, 2.45) is 0 Å². The van der Waals surface area contributed by atoms with Crippen molar-refractivity contribution in [3.63, 3.8) is 0 Å². The zero-order chi connectivity index (χ0) is 12.8. The molecule has 0 spiro atoms. The van der Waals surface area contributed by atoms with Crippen molar-refractivity contribution in [1.82, 2.24) is 10.6 Å². The van der Waals surface area contributed by atoms with Gasteiger partial charge in [-0.05, 0) is 37.2 Å². The second-order valence-electron chi connectivity index (χ2n) is 4.31. The number of rotatable bonds is 5. The van der Waals surface area contributed by atoms with Crippen LogP contribution < -0.4 is 10.6 Å². The molecule has 1 aliphatic heterocycles. The maximum atomic E-state index is 12.7. The number of halogens is 1. The third-order valence-electron chi connectivity index (χ3n) is 2.84. The van der Waals surface area contributed by atoms with Crippen LogP contribution in [0.1, 0.15) is 12.8 Å². The normalized spacial score (nSPS) is 18.8. The molecular weight excluding hydrogens is 251 g/mol. The Morgan fingerprint density at radius 2 is 2.22 bits per heavy atom. The number of nitrogens with one attached hydrogen (secondary N) is 2. The minimum atomic E-state index is -0.231. The lowest BCUT2D eigenvalue weighted by Gasteiger charge is -2.10. The van der Waals surface area contributed by atoms with E-state index in [4.69, 9.17) is 0 Å². The summed E-state index contributed by atoms with van der Waals surface area (Å²) in [6, 6.07) is 6.63. The lowest BCUT2D eigenvalue weighted by molar-refractivity contribution is -0.121. The molecule has 0 radical (unpaired) electrons. The van der Waals surface area contributed by atoms with Crippen LogP contribution in [0.3, 0.4) is 0 Å². The second kappa shape index (κ2) is 6.75. The average molecular weight is 268 g/mol. The van der Waals surface area contributed by atoms with E-state index in [1.54, 1.807) is 23.9 Å². The van der Waals surface area contributed by atoms with Crippen LogP contribution in [0, 0.1) is 5.82 Å². The topological polar surface area (TPSA) is 41.1 Å². The Balaban J connectivity index is 1.65. The Morgan fingerprint density at radius 3 is 2.89 bits per heavy atom. The van der Waals surface area contributed by atoms with Crippen molar-refractivity contribution in [2.45, 2.75) is 23.8 Å². The highest BCUT2D eigenvalue weighted by Crippen LogP contribution is 2.18. The van der Waals surface area contributed by atoms with Gasteiger partial charge in [-0.25, -0.2) is 4.39 Å². The van der Waals surface area contributed by atoms with Gasteiger partial charge in [-0.1, -0.05) is 0 Å². The predicted molar refractivity (Wildman–Crippen MR) is 71.2 cm³/mol. The Labute approximate surface area is 111 Å². The maximum Gasteiger partial charge on any atom is 0.221 e. The summed E-state index contributed by atoms with van der Waals surface area (Å²) in [5.41, 5.74) is 0. The van der Waals surface area contributed by atoms with Gasteiger partial charge >= 0.3 is 0 Å². The van der Waals surface area contributed by atoms with Gasteiger partial charge < -0.3 is 10.6 Å². The molecule has 2 N–H and O–H groups in total. The minimum absolute atomic E-state index is 0.0957. The van der Waals surface area contributed by atoms with Gasteiger partial charge in [0.25, 0.3) is 0 Å². The van der Waals surface area contributed by atoms with Gasteiger partial charge in [0.1, 0.15) is 5.82 Å². The van der Waals surface area contributed by atoms with Crippen molar-refractivity contribution >= 4 is 17.7 Å². The average Bonchev–Trinajstić information content (AvgIpc) is 2.84. The number of amides is 1. The first-order chi connectivity index (χ1) is 8.74. The predicted octanol–water partition coefficient (Wildman–Crippen LogP) is 1.79. The van der Waals surface area contributed by atoms with E-state index >= 15 is 0 Å². The molecule has 18 heavy (non-hydrogen) atoms. The van der Waals surface area contributed by atoms with Crippen molar-refractivity contribution in [2.75, 3.05) is 18.8 Å². The molecule has 0 aromatic heterocycles. The van der Waals surface area contributed by atoms with Crippen LogP contribution in [-0.2, 0) is 4.79 Å². The van der Waals surface area contributed by atoms with Crippen molar-refractivity contribution in [3.8, 4) is 0 Å². The first kappa shape index (κ1) is 13.4. The number of thioether (sulfide) groups is 1. The second-order valence-corrected chi connectivity index (χ2v) is 5.48. The zero-order valence-corrected chi connectivity index (χ0v) is 10.9. The molecule has 1 atom stereocenters. The Bertz CT molecular complexity index is 390. The first-order valence-electron chi connectivity index (χ1n) is 6.12. The van der Waals surface area contributed by atoms with Gasteiger partial charge in [-0.2, -0.15) is 0 Å². The quantitative estimate of drug-likeness (QED) is 0.800. The van der Waals surface area contributed by atoms with Gasteiger partial charge in [0, 0.05) is 29.7 Å². The number of carbonyl (C=O) groups is 1. The molecule has 3 nitrogen and oxygen atoms in total. The summed E-state index contributed by atoms with van der Waals surface area (Å²) in [6.07, 6.45) is 1.51. The molecule has 5 heteroatoms. The molecule has 98 valence electrons. The summed E-state index contributed by atoms with van der Waals surface area (Å²) in [6.45, 7) is 1.85. The van der Waals surface area contributed by atoms with Crippen LogP contribution >= 0.6 is 11.8 Å². The molecular formula is C13H17FN2OS. The highest BCUT2D eigenvalue weighted by atomic mass is 32.2. The molecule has 2 rings (SSSR count). The van der Waals surface area contributed by atoms with Gasteiger partial charge in [-0.15, -0.1) is 11.8 Å². The summed E-state index contributed by atoms with van der Waals surface area (Å²) in [4.78, 5) is 12.6. The lowest BCUT2D eigenvalue weighted by Crippen LogP contribution is -2.36. The zero-order valence-electron chi connectivity index (χ0n) is 10.1. The van der Waals surface area contributed by atoms with Gasteiger partial charge in [-0.3, -0.25) is 4.79 Å². The van der Waals surface area contributed by atoms with Crippen LogP contribution in [-0.4, -0.2) is 30.8 Å². The fourth-order valence-corrected chi connectivity index (χ4v) is 2.72. The standard InChI is InChI=1S/C13H17FN2OS/c14-10-1-3-12(4-2-10)18-8-6-13(17)16-11-5-7-15-9-11/h1-4,11,15H,5-9H2,(H,16,17). The molecule has 1 amide bonds. The van der Waals surface area contributed by atoms with E-state index in [-0.39, 0.29) is 17.8 Å². The van der Waals surface area contributed by atoms with Crippen LogP contribution in [0.5, 0.6) is 0 Å². The van der Waals surface area contributed by atoms with E-state index in [0.29, 0.717) is 6.42 Å². The van der Waals surface area contributed by atoms with Crippen molar-refractivity contribution < 1.29 is 9.18 Å². The number of hydrogen-bond acceptors (Lipinski definition) is 3. The van der Waals surface area contributed by atoms with E-state index < -0.39 is 0 Å². The highest BCUT2D eigenvalue weighted by Gasteiger charge is 2.16. The monoisotopic (exact) mass is 268 g/mol. The molecule has 1 unspecified atom stereocenters. The molecule has 0 saturated carbocycles. The van der Waals surface area contributed by atoms with Gasteiger partial charge in [0.2, 0.25) is 5.91 Å². The molecule has 0 bridgehead atoms. The highest BCUT2D eigenvalue weighted by molar-refractivity contribution is 7.99. The summed E-state index contributed by atoms with van der Waals surface area (Å²) < 4.78 is 12.7. The SMILES string of the molecule is O=C(CCSc1ccc(F)cc1)NC1CCNC1. The Hall–Kier alpha value is -1.07. The molecule has 1 heterocycles. The molecule has 1 aromatic carbocycles. The summed E-state index contributed by atoms with van der Waals surface area (Å²) in [5, 5.41) is 6.21. The first-order valence-corrected chi connectivity index (χ1v) is 7.11. The van der Waals surface area contributed by atoms with Gasteiger partial charge in [0.05, 0.1) is 0 Å². The molecule has 0 aliphatic carbocycles. The fraction of sp³-hybridized carbons (Fsp3) is 0.462. The lowest BCUT2D eigenvalue weighted by atomic mass is 10.2. The van der Waals surface area contributed by atoms with E-state index in [2.05, 4.69) is 10.6 Å². The van der Waals surface area contributed by atoms with Crippen molar-refractivity contribution in [1.29, 1.82) is 0 Å². The summed E-state index contributed by atoms with van der Waals surface area (Å²) in [5.74, 6) is 0.585. The minimum Gasteiger partial charge on any atom is -0.352 e. The molecule has 1 saturated heterocycles. The van der Waals surface area contributed by atoms with Gasteiger partial charge in [0.15, 0.2) is 0 Å².